The van der Waals surface area contributed by atoms with Crippen molar-refractivity contribution in [2.75, 3.05) is 30.2 Å². The van der Waals surface area contributed by atoms with E-state index >= 15 is 0 Å². The minimum absolute atomic E-state index is 0.00387. The standard InChI is InChI=1S/C25H26ClN3O6S2/c1-17-22(26)6-5-7-23(17)28-36(31,32)19-10-8-18(9-11-19)27-25(30)21-16-20(12-13-24(21)35-2)37(33,34)29-14-3-4-15-29/h5-13,16,28H,3-4,14-15H2,1-2H3,(H,27,30). The Morgan fingerprint density at radius 2 is 1.59 bits per heavy atom. The number of anilines is 2. The Morgan fingerprint density at radius 1 is 0.946 bits per heavy atom. The Labute approximate surface area is 221 Å². The molecule has 1 heterocycles. The first-order valence-electron chi connectivity index (χ1n) is 11.4. The Balaban J connectivity index is 1.54. The number of halogens is 1. The van der Waals surface area contributed by atoms with Gasteiger partial charge in [0.25, 0.3) is 15.9 Å². The van der Waals surface area contributed by atoms with Crippen LogP contribution in [0.3, 0.4) is 0 Å². The number of carbonyl (C=O) groups excluding carboxylic acids is 1. The van der Waals surface area contributed by atoms with Gasteiger partial charge >= 0.3 is 0 Å². The van der Waals surface area contributed by atoms with E-state index in [-0.39, 0.29) is 21.1 Å². The maximum atomic E-state index is 13.0. The molecule has 0 radical (unpaired) electrons. The molecule has 0 aliphatic carbocycles. The number of ether oxygens (including phenoxy) is 1. The molecule has 3 aromatic carbocycles. The first-order chi connectivity index (χ1) is 17.5. The number of hydrogen-bond acceptors (Lipinski definition) is 6. The van der Waals surface area contributed by atoms with E-state index in [4.69, 9.17) is 16.3 Å². The highest BCUT2D eigenvalue weighted by Crippen LogP contribution is 2.28. The number of amides is 1. The highest BCUT2D eigenvalue weighted by molar-refractivity contribution is 7.92. The fraction of sp³-hybridized carbons (Fsp3) is 0.240. The average Bonchev–Trinajstić information content (AvgIpc) is 3.43. The summed E-state index contributed by atoms with van der Waals surface area (Å²) >= 11 is 6.08. The molecule has 0 unspecified atom stereocenters. The van der Waals surface area contributed by atoms with Gasteiger partial charge in [0.05, 0.1) is 28.2 Å². The summed E-state index contributed by atoms with van der Waals surface area (Å²) in [7, 11) is -6.25. The molecular formula is C25H26ClN3O6S2. The molecule has 12 heteroatoms. The van der Waals surface area contributed by atoms with Gasteiger partial charge in [-0.15, -0.1) is 0 Å². The number of hydrogen-bond donors (Lipinski definition) is 2. The van der Waals surface area contributed by atoms with Crippen molar-refractivity contribution in [2.45, 2.75) is 29.6 Å². The van der Waals surface area contributed by atoms with Crippen LogP contribution in [0, 0.1) is 6.92 Å². The van der Waals surface area contributed by atoms with Crippen molar-refractivity contribution in [3.63, 3.8) is 0 Å². The molecule has 0 bridgehead atoms. The van der Waals surface area contributed by atoms with Crippen LogP contribution in [-0.2, 0) is 20.0 Å². The van der Waals surface area contributed by atoms with Crippen LogP contribution in [0.25, 0.3) is 0 Å². The highest BCUT2D eigenvalue weighted by atomic mass is 35.5. The van der Waals surface area contributed by atoms with Gasteiger partial charge in [0, 0.05) is 23.8 Å². The van der Waals surface area contributed by atoms with E-state index in [0.717, 1.165) is 12.8 Å². The summed E-state index contributed by atoms with van der Waals surface area (Å²) in [5, 5.41) is 3.10. The summed E-state index contributed by atoms with van der Waals surface area (Å²) in [6.45, 7) is 2.59. The fourth-order valence-electron chi connectivity index (χ4n) is 3.94. The first kappa shape index (κ1) is 26.9. The number of nitrogens with one attached hydrogen (secondary N) is 2. The van der Waals surface area contributed by atoms with Gasteiger partial charge in [-0.1, -0.05) is 17.7 Å². The summed E-state index contributed by atoms with van der Waals surface area (Å²) in [6, 6.07) is 14.6. The molecule has 4 rings (SSSR count). The van der Waals surface area contributed by atoms with Crippen LogP contribution in [0.5, 0.6) is 5.75 Å². The minimum atomic E-state index is -3.90. The molecule has 1 aliphatic rings. The molecule has 0 spiro atoms. The Hall–Kier alpha value is -3.12. The first-order valence-corrected chi connectivity index (χ1v) is 14.7. The summed E-state index contributed by atoms with van der Waals surface area (Å²) in [5.41, 5.74) is 1.32. The van der Waals surface area contributed by atoms with Gasteiger partial charge in [0.2, 0.25) is 10.0 Å². The second-order valence-electron chi connectivity index (χ2n) is 8.47. The number of nitrogens with zero attached hydrogens (tertiary/aromatic N) is 1. The number of benzene rings is 3. The second kappa shape index (κ2) is 10.7. The molecule has 2 N–H and O–H groups in total. The van der Waals surface area contributed by atoms with Crippen LogP contribution in [0.1, 0.15) is 28.8 Å². The van der Waals surface area contributed by atoms with Crippen molar-refractivity contribution in [3.05, 3.63) is 76.8 Å². The van der Waals surface area contributed by atoms with E-state index in [1.165, 1.54) is 53.9 Å². The maximum absolute atomic E-state index is 13.0. The van der Waals surface area contributed by atoms with E-state index in [1.807, 2.05) is 0 Å². The second-order valence-corrected chi connectivity index (χ2v) is 12.5. The summed E-state index contributed by atoms with van der Waals surface area (Å²) in [4.78, 5) is 13.0. The molecule has 1 aliphatic heterocycles. The van der Waals surface area contributed by atoms with Gasteiger partial charge in [-0.3, -0.25) is 9.52 Å². The van der Waals surface area contributed by atoms with E-state index in [9.17, 15) is 21.6 Å². The average molecular weight is 564 g/mol. The van der Waals surface area contributed by atoms with Crippen LogP contribution < -0.4 is 14.8 Å². The Kier molecular flexibility index (Phi) is 7.79. The number of methoxy groups -OCH3 is 1. The minimum Gasteiger partial charge on any atom is -0.496 e. The smallest absolute Gasteiger partial charge is 0.261 e. The number of rotatable bonds is 8. The van der Waals surface area contributed by atoms with Crippen LogP contribution in [0.15, 0.2) is 70.5 Å². The maximum Gasteiger partial charge on any atom is 0.261 e. The van der Waals surface area contributed by atoms with Crippen LogP contribution >= 0.6 is 11.6 Å². The topological polar surface area (TPSA) is 122 Å². The van der Waals surface area contributed by atoms with Crippen molar-refractivity contribution in [3.8, 4) is 5.75 Å². The van der Waals surface area contributed by atoms with E-state index in [2.05, 4.69) is 10.0 Å². The van der Waals surface area contributed by atoms with Gasteiger partial charge in [-0.2, -0.15) is 4.31 Å². The number of sulfonamides is 2. The predicted molar refractivity (Wildman–Crippen MR) is 142 cm³/mol. The van der Waals surface area contributed by atoms with Crippen molar-refractivity contribution >= 4 is 48.9 Å². The Bertz CT molecular complexity index is 1540. The van der Waals surface area contributed by atoms with Crippen molar-refractivity contribution in [1.82, 2.24) is 4.31 Å². The van der Waals surface area contributed by atoms with Crippen molar-refractivity contribution < 1.29 is 26.4 Å². The monoisotopic (exact) mass is 563 g/mol. The SMILES string of the molecule is COc1ccc(S(=O)(=O)N2CCCC2)cc1C(=O)Nc1ccc(S(=O)(=O)Nc2cccc(Cl)c2C)cc1. The summed E-state index contributed by atoms with van der Waals surface area (Å²) in [5.74, 6) is -0.392. The quantitative estimate of drug-likeness (QED) is 0.416. The van der Waals surface area contributed by atoms with Crippen LogP contribution in [0.2, 0.25) is 5.02 Å². The zero-order valence-corrected chi connectivity index (χ0v) is 22.6. The van der Waals surface area contributed by atoms with Crippen molar-refractivity contribution in [2.24, 2.45) is 0 Å². The Morgan fingerprint density at radius 3 is 2.24 bits per heavy atom. The zero-order chi connectivity index (χ0) is 26.8. The molecule has 1 fully saturated rings. The molecular weight excluding hydrogens is 538 g/mol. The van der Waals surface area contributed by atoms with Gasteiger partial charge in [-0.05, 0) is 79.9 Å². The number of carbonyl (C=O) groups is 1. The van der Waals surface area contributed by atoms with Crippen LogP contribution in [0.4, 0.5) is 11.4 Å². The molecule has 0 aromatic heterocycles. The highest BCUT2D eigenvalue weighted by Gasteiger charge is 2.28. The van der Waals surface area contributed by atoms with Gasteiger partial charge in [0.15, 0.2) is 0 Å². The molecule has 0 saturated carbocycles. The largest absolute Gasteiger partial charge is 0.496 e. The molecule has 1 amide bonds. The predicted octanol–water partition coefficient (Wildman–Crippen LogP) is 4.49. The summed E-state index contributed by atoms with van der Waals surface area (Å²) < 4.78 is 60.7. The van der Waals surface area contributed by atoms with Gasteiger partial charge < -0.3 is 10.1 Å². The van der Waals surface area contributed by atoms with E-state index in [1.54, 1.807) is 25.1 Å². The zero-order valence-electron chi connectivity index (χ0n) is 20.2. The molecule has 9 nitrogen and oxygen atoms in total. The third-order valence-corrected chi connectivity index (χ3v) is 9.74. The lowest BCUT2D eigenvalue weighted by Gasteiger charge is -2.17. The van der Waals surface area contributed by atoms with Gasteiger partial charge in [0.1, 0.15) is 5.75 Å². The summed E-state index contributed by atoms with van der Waals surface area (Å²) in [6.07, 6.45) is 1.59. The lowest BCUT2D eigenvalue weighted by molar-refractivity contribution is 0.102. The third-order valence-electron chi connectivity index (χ3n) is 6.05. The lowest BCUT2D eigenvalue weighted by atomic mass is 10.2. The third kappa shape index (κ3) is 5.74. The van der Waals surface area contributed by atoms with Crippen molar-refractivity contribution in [1.29, 1.82) is 0 Å². The van der Waals surface area contributed by atoms with E-state index in [0.29, 0.717) is 35.1 Å². The molecule has 0 atom stereocenters. The molecule has 3 aromatic rings. The normalized spacial score (nSPS) is 14.4. The fourth-order valence-corrected chi connectivity index (χ4v) is 6.78. The molecule has 37 heavy (non-hydrogen) atoms. The lowest BCUT2D eigenvalue weighted by Crippen LogP contribution is -2.28. The van der Waals surface area contributed by atoms with E-state index < -0.39 is 26.0 Å². The van der Waals surface area contributed by atoms with Crippen LogP contribution in [-0.4, -0.2) is 47.2 Å². The molecule has 1 saturated heterocycles. The molecule has 196 valence electrons. The van der Waals surface area contributed by atoms with Gasteiger partial charge in [-0.25, -0.2) is 16.8 Å².